The fourth-order valence-electron chi connectivity index (χ4n) is 0.738. The molecule has 0 aliphatic carbocycles. The summed E-state index contributed by atoms with van der Waals surface area (Å²) in [6.45, 7) is 3.00. The Kier molecular flexibility index (Phi) is 3.73. The molecule has 1 rings (SSSR count). The van der Waals surface area contributed by atoms with E-state index < -0.39 is 0 Å². The van der Waals surface area contributed by atoms with E-state index in [-0.39, 0.29) is 5.28 Å². The lowest BCUT2D eigenvalue weighted by Crippen LogP contribution is -2.05. The Morgan fingerprint density at radius 2 is 2.33 bits per heavy atom. The van der Waals surface area contributed by atoms with Gasteiger partial charge in [0.25, 0.3) is 0 Å². The average molecular weight is 187 g/mol. The summed E-state index contributed by atoms with van der Waals surface area (Å²) < 4.78 is 0. The Bertz CT molecular complexity index is 241. The molecular formula is C7H11ClN4. The average Bonchev–Trinajstić information content (AvgIpc) is 2.05. The Hall–Kier alpha value is -0.900. The highest BCUT2D eigenvalue weighted by atomic mass is 35.5. The summed E-state index contributed by atoms with van der Waals surface area (Å²) in [4.78, 5) is 11.4. The molecule has 1 aromatic rings. The van der Waals surface area contributed by atoms with E-state index in [9.17, 15) is 0 Å². The van der Waals surface area contributed by atoms with E-state index in [2.05, 4.69) is 27.2 Å². The molecule has 4 nitrogen and oxygen atoms in total. The Balaban J connectivity index is 2.41. The van der Waals surface area contributed by atoms with Crippen molar-refractivity contribution >= 4 is 17.5 Å². The second-order valence-corrected chi connectivity index (χ2v) is 2.70. The minimum Gasteiger partial charge on any atom is -0.354 e. The number of anilines is 1. The lowest BCUT2D eigenvalue weighted by molar-refractivity contribution is 0.824. The van der Waals surface area contributed by atoms with Crippen molar-refractivity contribution in [1.82, 2.24) is 15.0 Å². The van der Waals surface area contributed by atoms with Crippen molar-refractivity contribution < 1.29 is 0 Å². The van der Waals surface area contributed by atoms with Gasteiger partial charge in [-0.05, 0) is 18.0 Å². The molecule has 0 aliphatic heterocycles. The molecule has 1 aromatic heterocycles. The maximum atomic E-state index is 5.56. The zero-order chi connectivity index (χ0) is 8.81. The monoisotopic (exact) mass is 186 g/mol. The van der Waals surface area contributed by atoms with Crippen molar-refractivity contribution in [1.29, 1.82) is 0 Å². The maximum absolute atomic E-state index is 5.56. The third-order valence-electron chi connectivity index (χ3n) is 1.36. The van der Waals surface area contributed by atoms with E-state index in [0.29, 0.717) is 5.95 Å². The van der Waals surface area contributed by atoms with Gasteiger partial charge < -0.3 is 5.32 Å². The summed E-state index contributed by atoms with van der Waals surface area (Å²) in [5, 5.41) is 3.27. The first-order valence-corrected chi connectivity index (χ1v) is 4.29. The summed E-state index contributed by atoms with van der Waals surface area (Å²) in [5.74, 6) is 0.545. The van der Waals surface area contributed by atoms with Gasteiger partial charge >= 0.3 is 0 Å². The van der Waals surface area contributed by atoms with Crippen LogP contribution in [-0.4, -0.2) is 21.5 Å². The molecule has 0 saturated carbocycles. The van der Waals surface area contributed by atoms with Gasteiger partial charge in [0.1, 0.15) is 6.33 Å². The minimum absolute atomic E-state index is 0.226. The van der Waals surface area contributed by atoms with Gasteiger partial charge in [-0.2, -0.15) is 4.98 Å². The van der Waals surface area contributed by atoms with Crippen LogP contribution in [0.5, 0.6) is 0 Å². The molecule has 5 heteroatoms. The molecule has 0 aromatic carbocycles. The Morgan fingerprint density at radius 1 is 1.50 bits per heavy atom. The van der Waals surface area contributed by atoms with Crippen LogP contribution in [0.1, 0.15) is 19.8 Å². The third-order valence-corrected chi connectivity index (χ3v) is 1.54. The van der Waals surface area contributed by atoms with Gasteiger partial charge in [-0.15, -0.1) is 0 Å². The highest BCUT2D eigenvalue weighted by Gasteiger charge is 1.95. The molecule has 0 radical (unpaired) electrons. The van der Waals surface area contributed by atoms with Crippen molar-refractivity contribution in [3.63, 3.8) is 0 Å². The van der Waals surface area contributed by atoms with Gasteiger partial charge in [-0.1, -0.05) is 13.3 Å². The van der Waals surface area contributed by atoms with Crippen LogP contribution in [0, 0.1) is 0 Å². The summed E-state index contributed by atoms with van der Waals surface area (Å²) in [7, 11) is 0. The number of halogens is 1. The molecule has 0 saturated heterocycles. The number of rotatable bonds is 4. The first-order valence-electron chi connectivity index (χ1n) is 3.91. The second-order valence-electron chi connectivity index (χ2n) is 2.36. The summed E-state index contributed by atoms with van der Waals surface area (Å²) in [6.07, 6.45) is 3.64. The van der Waals surface area contributed by atoms with Crippen LogP contribution in [0.3, 0.4) is 0 Å². The Morgan fingerprint density at radius 3 is 3.00 bits per heavy atom. The fraction of sp³-hybridized carbons (Fsp3) is 0.571. The van der Waals surface area contributed by atoms with Gasteiger partial charge in [0.15, 0.2) is 0 Å². The molecular weight excluding hydrogens is 176 g/mol. The predicted octanol–water partition coefficient (Wildman–Crippen LogP) is 1.74. The SMILES string of the molecule is CCCCNc1ncnc(Cl)n1. The second kappa shape index (κ2) is 4.87. The topological polar surface area (TPSA) is 50.7 Å². The van der Waals surface area contributed by atoms with E-state index in [1.165, 1.54) is 6.33 Å². The lowest BCUT2D eigenvalue weighted by Gasteiger charge is -2.01. The van der Waals surface area contributed by atoms with Crippen LogP contribution in [-0.2, 0) is 0 Å². The molecule has 0 amide bonds. The van der Waals surface area contributed by atoms with Crippen LogP contribution in [0.4, 0.5) is 5.95 Å². The number of nitrogens with one attached hydrogen (secondary N) is 1. The van der Waals surface area contributed by atoms with E-state index >= 15 is 0 Å². The van der Waals surface area contributed by atoms with Crippen LogP contribution < -0.4 is 5.32 Å². The quantitative estimate of drug-likeness (QED) is 0.728. The number of hydrogen-bond acceptors (Lipinski definition) is 4. The van der Waals surface area contributed by atoms with Crippen LogP contribution >= 0.6 is 11.6 Å². The standard InChI is InChI=1S/C7H11ClN4/c1-2-3-4-9-7-11-5-10-6(8)12-7/h5H,2-4H2,1H3,(H,9,10,11,12). The van der Waals surface area contributed by atoms with Gasteiger partial charge in [0.05, 0.1) is 0 Å². The van der Waals surface area contributed by atoms with E-state index in [4.69, 9.17) is 11.6 Å². The number of hydrogen-bond donors (Lipinski definition) is 1. The van der Waals surface area contributed by atoms with Crippen molar-refractivity contribution in [2.75, 3.05) is 11.9 Å². The lowest BCUT2D eigenvalue weighted by atomic mass is 10.3. The first kappa shape index (κ1) is 9.19. The van der Waals surface area contributed by atoms with E-state index in [0.717, 1.165) is 19.4 Å². The molecule has 1 heterocycles. The van der Waals surface area contributed by atoms with Crippen LogP contribution in [0.15, 0.2) is 6.33 Å². The van der Waals surface area contributed by atoms with Crippen molar-refractivity contribution in [2.45, 2.75) is 19.8 Å². The fourth-order valence-corrected chi connectivity index (χ4v) is 0.862. The zero-order valence-electron chi connectivity index (χ0n) is 6.92. The van der Waals surface area contributed by atoms with Crippen molar-refractivity contribution in [3.05, 3.63) is 11.6 Å². The van der Waals surface area contributed by atoms with Gasteiger partial charge in [-0.25, -0.2) is 9.97 Å². The zero-order valence-corrected chi connectivity index (χ0v) is 7.67. The minimum atomic E-state index is 0.226. The molecule has 0 atom stereocenters. The summed E-state index contributed by atoms with van der Waals surface area (Å²) >= 11 is 5.56. The Labute approximate surface area is 76.4 Å². The maximum Gasteiger partial charge on any atom is 0.227 e. The molecule has 0 bridgehead atoms. The molecule has 1 N–H and O–H groups in total. The van der Waals surface area contributed by atoms with Crippen LogP contribution in [0.2, 0.25) is 5.28 Å². The number of unbranched alkanes of at least 4 members (excludes halogenated alkanes) is 1. The highest BCUT2D eigenvalue weighted by Crippen LogP contribution is 2.01. The normalized spacial score (nSPS) is 9.83. The van der Waals surface area contributed by atoms with Gasteiger partial charge in [-0.3, -0.25) is 0 Å². The highest BCUT2D eigenvalue weighted by molar-refractivity contribution is 6.28. The largest absolute Gasteiger partial charge is 0.354 e. The smallest absolute Gasteiger partial charge is 0.227 e. The predicted molar refractivity (Wildman–Crippen MR) is 48.2 cm³/mol. The molecule has 0 unspecified atom stereocenters. The van der Waals surface area contributed by atoms with E-state index in [1.807, 2.05) is 0 Å². The molecule has 0 spiro atoms. The molecule has 0 fully saturated rings. The first-order chi connectivity index (χ1) is 5.83. The summed E-state index contributed by atoms with van der Waals surface area (Å²) in [6, 6.07) is 0. The molecule has 66 valence electrons. The van der Waals surface area contributed by atoms with Gasteiger partial charge in [0, 0.05) is 6.54 Å². The van der Waals surface area contributed by atoms with Crippen LogP contribution in [0.25, 0.3) is 0 Å². The van der Waals surface area contributed by atoms with Gasteiger partial charge in [0.2, 0.25) is 11.2 Å². The van der Waals surface area contributed by atoms with Crippen molar-refractivity contribution in [2.24, 2.45) is 0 Å². The molecule has 0 aliphatic rings. The number of nitrogens with zero attached hydrogens (tertiary/aromatic N) is 3. The molecule has 12 heavy (non-hydrogen) atoms. The van der Waals surface area contributed by atoms with Crippen molar-refractivity contribution in [3.8, 4) is 0 Å². The van der Waals surface area contributed by atoms with E-state index in [1.54, 1.807) is 0 Å². The number of aromatic nitrogens is 3. The summed E-state index contributed by atoms with van der Waals surface area (Å²) in [5.41, 5.74) is 0. The third kappa shape index (κ3) is 3.00.